The largest absolute Gasteiger partial charge is 0.306 e. The van der Waals surface area contributed by atoms with Crippen molar-refractivity contribution in [3.05, 3.63) is 30.1 Å². The van der Waals surface area contributed by atoms with Crippen LogP contribution in [0, 0.1) is 5.92 Å². The van der Waals surface area contributed by atoms with Crippen LogP contribution in [0.4, 0.5) is 0 Å². The minimum absolute atomic E-state index is 0.788. The number of hydrogen-bond donors (Lipinski definition) is 1. The predicted molar refractivity (Wildman–Crippen MR) is 77.7 cm³/mol. The summed E-state index contributed by atoms with van der Waals surface area (Å²) in [6.45, 7) is 4.62. The molecule has 3 heteroatoms. The molecule has 1 rings (SSSR count). The minimum atomic E-state index is 0.788. The van der Waals surface area contributed by atoms with Crippen LogP contribution in [-0.4, -0.2) is 35.8 Å². The van der Waals surface area contributed by atoms with Crippen molar-refractivity contribution in [2.24, 2.45) is 5.92 Å². The summed E-state index contributed by atoms with van der Waals surface area (Å²) in [4.78, 5) is 6.44. The lowest BCUT2D eigenvalue weighted by Crippen LogP contribution is -2.23. The lowest BCUT2D eigenvalue weighted by atomic mass is 10.1. The Labute approximate surface area is 111 Å². The summed E-state index contributed by atoms with van der Waals surface area (Å²) in [6.07, 6.45) is 7.34. The van der Waals surface area contributed by atoms with E-state index in [2.05, 4.69) is 48.6 Å². The summed E-state index contributed by atoms with van der Waals surface area (Å²) in [5, 5.41) is 0. The normalized spacial score (nSPS) is 12.9. The van der Waals surface area contributed by atoms with Gasteiger partial charge in [-0.1, -0.05) is 6.92 Å². The number of pyridine rings is 1. The van der Waals surface area contributed by atoms with Crippen molar-refractivity contribution in [2.45, 2.75) is 26.2 Å². The lowest BCUT2D eigenvalue weighted by Gasteiger charge is -2.19. The van der Waals surface area contributed by atoms with Gasteiger partial charge >= 0.3 is 0 Å². The van der Waals surface area contributed by atoms with Crippen LogP contribution < -0.4 is 0 Å². The Kier molecular flexibility index (Phi) is 7.29. The van der Waals surface area contributed by atoms with Crippen molar-refractivity contribution < 1.29 is 0 Å². The maximum Gasteiger partial charge on any atom is 0.0270 e. The molecule has 1 atom stereocenters. The molecule has 0 fully saturated rings. The summed E-state index contributed by atoms with van der Waals surface area (Å²) in [6, 6.07) is 4.19. The Morgan fingerprint density at radius 1 is 1.24 bits per heavy atom. The van der Waals surface area contributed by atoms with Crippen LogP contribution in [0.15, 0.2) is 24.5 Å². The maximum absolute atomic E-state index is 4.27. The van der Waals surface area contributed by atoms with Gasteiger partial charge in [0.15, 0.2) is 0 Å². The van der Waals surface area contributed by atoms with Gasteiger partial charge in [-0.25, -0.2) is 0 Å². The SMILES string of the molecule is CC(CCS)CCN(C)CCc1ccncc1. The molecule has 0 bridgehead atoms. The molecular formula is C14H24N2S. The second-order valence-corrected chi connectivity index (χ2v) is 5.26. The molecule has 0 aliphatic heterocycles. The van der Waals surface area contributed by atoms with E-state index in [9.17, 15) is 0 Å². The first kappa shape index (κ1) is 14.5. The molecule has 0 amide bonds. The second kappa shape index (κ2) is 8.54. The second-order valence-electron chi connectivity index (χ2n) is 4.81. The van der Waals surface area contributed by atoms with E-state index in [1.54, 1.807) is 0 Å². The number of likely N-dealkylation sites (N-methyl/N-ethyl adjacent to an activating group) is 1. The zero-order chi connectivity index (χ0) is 12.5. The Hall–Kier alpha value is -0.540. The zero-order valence-corrected chi connectivity index (χ0v) is 11.9. The summed E-state index contributed by atoms with van der Waals surface area (Å²) in [7, 11) is 2.20. The van der Waals surface area contributed by atoms with Crippen molar-refractivity contribution in [1.82, 2.24) is 9.88 Å². The van der Waals surface area contributed by atoms with E-state index in [0.717, 1.165) is 24.6 Å². The molecular weight excluding hydrogens is 228 g/mol. The predicted octanol–water partition coefficient (Wildman–Crippen LogP) is 2.90. The van der Waals surface area contributed by atoms with Crippen LogP contribution in [0.5, 0.6) is 0 Å². The molecule has 0 radical (unpaired) electrons. The molecule has 0 N–H and O–H groups in total. The van der Waals surface area contributed by atoms with E-state index >= 15 is 0 Å². The fourth-order valence-electron chi connectivity index (χ4n) is 1.79. The van der Waals surface area contributed by atoms with Gasteiger partial charge in [-0.2, -0.15) is 12.6 Å². The third-order valence-corrected chi connectivity index (χ3v) is 3.42. The third kappa shape index (κ3) is 6.69. The van der Waals surface area contributed by atoms with Gasteiger partial charge in [0.2, 0.25) is 0 Å². The fraction of sp³-hybridized carbons (Fsp3) is 0.643. The van der Waals surface area contributed by atoms with Gasteiger partial charge in [-0.15, -0.1) is 0 Å². The molecule has 0 saturated carbocycles. The average Bonchev–Trinajstić information content (AvgIpc) is 2.35. The monoisotopic (exact) mass is 252 g/mol. The molecule has 17 heavy (non-hydrogen) atoms. The standard InChI is InChI=1S/C14H24N2S/c1-13(7-12-17)5-10-16(2)11-6-14-3-8-15-9-4-14/h3-4,8-9,13,17H,5-7,10-12H2,1-2H3. The molecule has 0 aliphatic rings. The average molecular weight is 252 g/mol. The number of nitrogens with zero attached hydrogens (tertiary/aromatic N) is 2. The highest BCUT2D eigenvalue weighted by atomic mass is 32.1. The van der Waals surface area contributed by atoms with E-state index < -0.39 is 0 Å². The molecule has 1 aromatic rings. The molecule has 0 aromatic carbocycles. The summed E-state index contributed by atoms with van der Waals surface area (Å²) in [5.41, 5.74) is 1.37. The van der Waals surface area contributed by atoms with Crippen LogP contribution in [0.1, 0.15) is 25.3 Å². The van der Waals surface area contributed by atoms with Gasteiger partial charge in [0.1, 0.15) is 0 Å². The first-order valence-corrected chi connectivity index (χ1v) is 7.04. The van der Waals surface area contributed by atoms with Crippen molar-refractivity contribution in [3.63, 3.8) is 0 Å². The highest BCUT2D eigenvalue weighted by molar-refractivity contribution is 7.80. The van der Waals surface area contributed by atoms with E-state index in [-0.39, 0.29) is 0 Å². The van der Waals surface area contributed by atoms with Crippen molar-refractivity contribution >= 4 is 12.6 Å². The first-order chi connectivity index (χ1) is 8.22. The van der Waals surface area contributed by atoms with Crippen molar-refractivity contribution in [3.8, 4) is 0 Å². The van der Waals surface area contributed by atoms with Crippen LogP contribution in [-0.2, 0) is 6.42 Å². The number of rotatable bonds is 8. The Bertz CT molecular complexity index is 290. The number of aromatic nitrogens is 1. The van der Waals surface area contributed by atoms with E-state index in [1.807, 2.05) is 12.4 Å². The maximum atomic E-state index is 4.27. The summed E-state index contributed by atoms with van der Waals surface area (Å²) < 4.78 is 0. The van der Waals surface area contributed by atoms with Crippen LogP contribution in [0.2, 0.25) is 0 Å². The van der Waals surface area contributed by atoms with Crippen molar-refractivity contribution in [1.29, 1.82) is 0 Å². The molecule has 0 spiro atoms. The van der Waals surface area contributed by atoms with Gasteiger partial charge < -0.3 is 4.90 Å². The highest BCUT2D eigenvalue weighted by Gasteiger charge is 2.04. The van der Waals surface area contributed by atoms with E-state index in [1.165, 1.54) is 24.9 Å². The van der Waals surface area contributed by atoms with E-state index in [0.29, 0.717) is 0 Å². The molecule has 1 unspecified atom stereocenters. The third-order valence-electron chi connectivity index (χ3n) is 3.16. The fourth-order valence-corrected chi connectivity index (χ4v) is 2.23. The highest BCUT2D eigenvalue weighted by Crippen LogP contribution is 2.09. The van der Waals surface area contributed by atoms with Gasteiger partial charge in [-0.3, -0.25) is 4.98 Å². The molecule has 0 aliphatic carbocycles. The number of thiol groups is 1. The van der Waals surface area contributed by atoms with Crippen LogP contribution in [0.25, 0.3) is 0 Å². The molecule has 96 valence electrons. The van der Waals surface area contributed by atoms with Crippen molar-refractivity contribution in [2.75, 3.05) is 25.9 Å². The molecule has 2 nitrogen and oxygen atoms in total. The zero-order valence-electron chi connectivity index (χ0n) is 11.0. The Morgan fingerprint density at radius 3 is 2.59 bits per heavy atom. The number of hydrogen-bond acceptors (Lipinski definition) is 3. The van der Waals surface area contributed by atoms with Crippen LogP contribution in [0.3, 0.4) is 0 Å². The van der Waals surface area contributed by atoms with Crippen LogP contribution >= 0.6 is 12.6 Å². The topological polar surface area (TPSA) is 16.1 Å². The Morgan fingerprint density at radius 2 is 1.94 bits per heavy atom. The molecule has 0 saturated heterocycles. The van der Waals surface area contributed by atoms with Gasteiger partial charge in [0.25, 0.3) is 0 Å². The molecule has 1 heterocycles. The lowest BCUT2D eigenvalue weighted by molar-refractivity contribution is 0.307. The van der Waals surface area contributed by atoms with E-state index in [4.69, 9.17) is 0 Å². The summed E-state index contributed by atoms with van der Waals surface area (Å²) in [5.74, 6) is 1.79. The smallest absolute Gasteiger partial charge is 0.0270 e. The first-order valence-electron chi connectivity index (χ1n) is 6.40. The van der Waals surface area contributed by atoms with Gasteiger partial charge in [0, 0.05) is 18.9 Å². The minimum Gasteiger partial charge on any atom is -0.306 e. The molecule has 1 aromatic heterocycles. The van der Waals surface area contributed by atoms with Gasteiger partial charge in [0.05, 0.1) is 0 Å². The summed E-state index contributed by atoms with van der Waals surface area (Å²) >= 11 is 4.27. The van der Waals surface area contributed by atoms with Gasteiger partial charge in [-0.05, 0) is 62.2 Å². The quantitative estimate of drug-likeness (QED) is 0.716. The Balaban J connectivity index is 2.15.